The van der Waals surface area contributed by atoms with Crippen molar-refractivity contribution in [3.63, 3.8) is 0 Å². The Morgan fingerprint density at radius 2 is 1.94 bits per heavy atom. The van der Waals surface area contributed by atoms with Crippen LogP contribution >= 0.6 is 0 Å². The topological polar surface area (TPSA) is 163 Å². The van der Waals surface area contributed by atoms with Gasteiger partial charge in [-0.2, -0.15) is 0 Å². The van der Waals surface area contributed by atoms with Crippen molar-refractivity contribution in [2.45, 2.75) is 62.2 Å². The van der Waals surface area contributed by atoms with Crippen molar-refractivity contribution in [3.8, 4) is 0 Å². The summed E-state index contributed by atoms with van der Waals surface area (Å²) >= 11 is 0. The van der Waals surface area contributed by atoms with Gasteiger partial charge in [0.1, 0.15) is 36.8 Å². The van der Waals surface area contributed by atoms with Crippen LogP contribution in [0.5, 0.6) is 0 Å². The molecule has 0 bridgehead atoms. The summed E-state index contributed by atoms with van der Waals surface area (Å²) in [4.78, 5) is 23.3. The fraction of sp³-hybridized carbons (Fsp3) is 0.619. The fourth-order valence-electron chi connectivity index (χ4n) is 4.02. The third-order valence-corrected chi connectivity index (χ3v) is 5.83. The normalized spacial score (nSPS) is 42.6. The molecule has 3 rings (SSSR count). The van der Waals surface area contributed by atoms with Crippen molar-refractivity contribution >= 4 is 12.3 Å². The minimum absolute atomic E-state index is 0.0743. The number of hydrogen-bond acceptors (Lipinski definition) is 10. The van der Waals surface area contributed by atoms with Gasteiger partial charge in [0.2, 0.25) is 0 Å². The molecular weight excluding hydrogens is 412 g/mol. The number of fused-ring (bicyclic) bond motifs is 1. The van der Waals surface area contributed by atoms with Gasteiger partial charge in [-0.3, -0.25) is 4.79 Å². The molecule has 172 valence electrons. The molecule has 2 fully saturated rings. The van der Waals surface area contributed by atoms with E-state index in [1.807, 2.05) is 0 Å². The van der Waals surface area contributed by atoms with Crippen LogP contribution in [-0.2, 0) is 23.8 Å². The number of carbonyl (C=O) groups is 2. The maximum atomic E-state index is 12.0. The molecule has 0 aromatic rings. The number of esters is 1. The molecule has 0 saturated carbocycles. The lowest BCUT2D eigenvalue weighted by atomic mass is 9.85. The Bertz CT molecular complexity index is 757. The Labute approximate surface area is 179 Å². The molecule has 31 heavy (non-hydrogen) atoms. The first kappa shape index (κ1) is 23.7. The number of carbonyl (C=O) groups excluding carboxylic acids is 2. The van der Waals surface area contributed by atoms with E-state index >= 15 is 0 Å². The van der Waals surface area contributed by atoms with Crippen molar-refractivity contribution in [2.75, 3.05) is 13.2 Å². The molecular formula is C21H28O10. The van der Waals surface area contributed by atoms with Gasteiger partial charge in [-0.05, 0) is 30.1 Å². The number of allylic oxidation sites excluding steroid dienone is 1. The van der Waals surface area contributed by atoms with E-state index in [0.29, 0.717) is 30.3 Å². The molecule has 3 aliphatic rings. The van der Waals surface area contributed by atoms with Crippen molar-refractivity contribution in [1.29, 1.82) is 0 Å². The summed E-state index contributed by atoms with van der Waals surface area (Å²) in [6, 6.07) is 0. The van der Waals surface area contributed by atoms with Crippen LogP contribution in [0.4, 0.5) is 0 Å². The van der Waals surface area contributed by atoms with Gasteiger partial charge in [0, 0.05) is 12.0 Å². The molecule has 0 aromatic carbocycles. The Balaban J connectivity index is 1.78. The Kier molecular flexibility index (Phi) is 7.76. The van der Waals surface area contributed by atoms with E-state index < -0.39 is 61.4 Å². The third-order valence-electron chi connectivity index (χ3n) is 5.83. The smallest absolute Gasteiger partial charge is 0.334 e. The van der Waals surface area contributed by atoms with Crippen molar-refractivity contribution < 1.29 is 49.3 Å². The third kappa shape index (κ3) is 5.12. The maximum Gasteiger partial charge on any atom is 0.334 e. The van der Waals surface area contributed by atoms with Crippen molar-refractivity contribution in [2.24, 2.45) is 5.92 Å². The summed E-state index contributed by atoms with van der Waals surface area (Å²) in [5, 5.41) is 49.8. The number of hydrogen-bond donors (Lipinski definition) is 5. The van der Waals surface area contributed by atoms with Crippen LogP contribution in [0.3, 0.4) is 0 Å². The van der Waals surface area contributed by atoms with Crippen LogP contribution in [0.2, 0.25) is 0 Å². The molecule has 0 radical (unpaired) electrons. The Hall–Kier alpha value is -1.92. The van der Waals surface area contributed by atoms with E-state index in [4.69, 9.17) is 14.2 Å². The predicted octanol–water partition coefficient (Wildman–Crippen LogP) is -1.50. The van der Waals surface area contributed by atoms with Crippen LogP contribution in [0, 0.1) is 5.92 Å². The zero-order valence-electron chi connectivity index (χ0n) is 16.9. The highest BCUT2D eigenvalue weighted by Crippen LogP contribution is 2.34. The molecule has 0 spiro atoms. The van der Waals surface area contributed by atoms with Crippen molar-refractivity contribution in [3.05, 3.63) is 35.5 Å². The lowest BCUT2D eigenvalue weighted by molar-refractivity contribution is -0.299. The molecule has 8 atom stereocenters. The lowest BCUT2D eigenvalue weighted by Gasteiger charge is -2.39. The highest BCUT2D eigenvalue weighted by atomic mass is 16.7. The number of aliphatic hydroxyl groups excluding tert-OH is 5. The predicted molar refractivity (Wildman–Crippen MR) is 104 cm³/mol. The molecule has 0 amide bonds. The highest BCUT2D eigenvalue weighted by molar-refractivity contribution is 5.91. The zero-order chi connectivity index (χ0) is 22.7. The van der Waals surface area contributed by atoms with Crippen LogP contribution in [0.1, 0.15) is 19.3 Å². The van der Waals surface area contributed by atoms with Gasteiger partial charge in [0.15, 0.2) is 6.29 Å². The molecule has 10 heteroatoms. The second kappa shape index (κ2) is 10.1. The van der Waals surface area contributed by atoms with E-state index in [-0.39, 0.29) is 18.6 Å². The summed E-state index contributed by atoms with van der Waals surface area (Å²) in [7, 11) is 0. The first-order valence-corrected chi connectivity index (χ1v) is 10.1. The fourth-order valence-corrected chi connectivity index (χ4v) is 4.02. The van der Waals surface area contributed by atoms with E-state index in [9.17, 15) is 35.1 Å². The lowest BCUT2D eigenvalue weighted by Crippen LogP contribution is -2.59. The van der Waals surface area contributed by atoms with Gasteiger partial charge in [-0.15, -0.1) is 0 Å². The highest BCUT2D eigenvalue weighted by Gasteiger charge is 2.45. The summed E-state index contributed by atoms with van der Waals surface area (Å²) < 4.78 is 16.3. The number of ether oxygens (including phenoxy) is 3. The maximum absolute atomic E-state index is 12.0. The molecule has 0 unspecified atom stereocenters. The van der Waals surface area contributed by atoms with E-state index in [1.165, 1.54) is 0 Å². The second-order valence-corrected chi connectivity index (χ2v) is 7.96. The van der Waals surface area contributed by atoms with Gasteiger partial charge >= 0.3 is 5.97 Å². The van der Waals surface area contributed by atoms with Gasteiger partial charge in [-0.25, -0.2) is 4.79 Å². The number of aldehydes is 1. The van der Waals surface area contributed by atoms with Crippen LogP contribution in [-0.4, -0.2) is 93.9 Å². The molecule has 10 nitrogen and oxygen atoms in total. The largest absolute Gasteiger partial charge is 0.454 e. The van der Waals surface area contributed by atoms with E-state index in [2.05, 4.69) is 6.58 Å². The monoisotopic (exact) mass is 440 g/mol. The summed E-state index contributed by atoms with van der Waals surface area (Å²) in [5.74, 6) is -1.36. The van der Waals surface area contributed by atoms with Crippen LogP contribution < -0.4 is 0 Å². The Morgan fingerprint density at radius 1 is 1.19 bits per heavy atom. The zero-order valence-corrected chi connectivity index (χ0v) is 16.9. The van der Waals surface area contributed by atoms with E-state index in [1.54, 1.807) is 12.2 Å². The van der Waals surface area contributed by atoms with Crippen LogP contribution in [0.25, 0.3) is 0 Å². The summed E-state index contributed by atoms with van der Waals surface area (Å²) in [6.07, 6.45) is -3.89. The SMILES string of the molecule is C=C1C(=O)O[C@@H]2/C=C(/CO[C@@H]3O[C@H](CO)[C@@H](O)[C@H](O)[C@@H]3O)CC/C=C(/C=O)C[C@H](O)[C@@H]12. The summed E-state index contributed by atoms with van der Waals surface area (Å²) in [6.45, 7) is 3.04. The second-order valence-electron chi connectivity index (χ2n) is 7.96. The average molecular weight is 440 g/mol. The number of rotatable bonds is 5. The molecule has 2 aliphatic heterocycles. The van der Waals surface area contributed by atoms with Gasteiger partial charge < -0.3 is 39.7 Å². The van der Waals surface area contributed by atoms with Crippen molar-refractivity contribution in [1.82, 2.24) is 0 Å². The molecule has 0 aromatic heterocycles. The Morgan fingerprint density at radius 3 is 2.61 bits per heavy atom. The molecule has 2 saturated heterocycles. The standard InChI is InChI=1S/C21H28O10/c1-10-16-13(24)5-11(7-22)3-2-4-12(6-14(16)30-20(10)28)9-29-21-19(27)18(26)17(25)15(8-23)31-21/h3,6-7,13-19,21,23-27H,1-2,4-5,8-9H2/b11-3+,12-6+/t13-,14+,15+,16+,17+,18-,19-,21+/m0/s1. The molecule has 1 aliphatic carbocycles. The molecule has 5 N–H and O–H groups in total. The van der Waals surface area contributed by atoms with Gasteiger partial charge in [-0.1, -0.05) is 12.7 Å². The van der Waals surface area contributed by atoms with Gasteiger partial charge in [0.25, 0.3) is 0 Å². The quantitative estimate of drug-likeness (QED) is 0.147. The average Bonchev–Trinajstić information content (AvgIpc) is 3.03. The molecule has 2 heterocycles. The van der Waals surface area contributed by atoms with E-state index in [0.717, 1.165) is 0 Å². The minimum Gasteiger partial charge on any atom is -0.454 e. The van der Waals surface area contributed by atoms with Crippen LogP contribution in [0.15, 0.2) is 35.5 Å². The minimum atomic E-state index is -1.56. The summed E-state index contributed by atoms with van der Waals surface area (Å²) in [5.41, 5.74) is 1.16. The first-order valence-electron chi connectivity index (χ1n) is 10.1. The first-order chi connectivity index (χ1) is 14.8. The number of aliphatic hydroxyl groups is 5. The van der Waals surface area contributed by atoms with Gasteiger partial charge in [0.05, 0.1) is 25.2 Å².